The number of nitrogens with zero attached hydrogens (tertiary/aromatic N) is 2. The summed E-state index contributed by atoms with van der Waals surface area (Å²) in [6.45, 7) is 4.57. The molecule has 0 saturated carbocycles. The average Bonchev–Trinajstić information content (AvgIpc) is 2.78. The van der Waals surface area contributed by atoms with Gasteiger partial charge >= 0.3 is 0 Å². The van der Waals surface area contributed by atoms with Gasteiger partial charge < -0.3 is 10.2 Å². The maximum atomic E-state index is 13.1. The third-order valence-electron chi connectivity index (χ3n) is 4.94. The molecule has 0 saturated heterocycles. The number of rotatable bonds is 12. The minimum absolute atomic E-state index is 0.0312. The molecule has 0 spiro atoms. The number of hydrogen-bond donors (Lipinski definition) is 1. The highest BCUT2D eigenvalue weighted by molar-refractivity contribution is 7.99. The second-order valence-corrected chi connectivity index (χ2v) is 8.74. The Bertz CT molecular complexity index is 924. The third kappa shape index (κ3) is 7.84. The van der Waals surface area contributed by atoms with E-state index in [0.29, 0.717) is 17.3 Å². The van der Waals surface area contributed by atoms with Gasteiger partial charge in [-0.05, 0) is 30.5 Å². The van der Waals surface area contributed by atoms with Gasteiger partial charge in [-0.25, -0.2) is 0 Å². The van der Waals surface area contributed by atoms with Gasteiger partial charge in [-0.2, -0.15) is 0 Å². The van der Waals surface area contributed by atoms with E-state index >= 15 is 0 Å². The lowest BCUT2D eigenvalue weighted by molar-refractivity contribution is -0.384. The van der Waals surface area contributed by atoms with Crippen LogP contribution in [-0.4, -0.2) is 40.0 Å². The lowest BCUT2D eigenvalue weighted by Crippen LogP contribution is -2.48. The van der Waals surface area contributed by atoms with Crippen molar-refractivity contribution in [2.45, 2.75) is 45.0 Å². The van der Waals surface area contributed by atoms with Crippen LogP contribution in [0.2, 0.25) is 5.02 Å². The van der Waals surface area contributed by atoms with E-state index in [4.69, 9.17) is 11.6 Å². The molecule has 0 bridgehead atoms. The number of nitro groups is 1. The predicted molar refractivity (Wildman–Crippen MR) is 129 cm³/mol. The first kappa shape index (κ1) is 25.7. The fourth-order valence-electron chi connectivity index (χ4n) is 2.98. The van der Waals surface area contributed by atoms with E-state index in [1.54, 1.807) is 30.0 Å². The molecular weight excluding hydrogens is 450 g/mol. The summed E-state index contributed by atoms with van der Waals surface area (Å²) in [6.07, 6.45) is 1.85. The molecule has 0 aliphatic carbocycles. The van der Waals surface area contributed by atoms with Crippen molar-refractivity contribution in [1.29, 1.82) is 0 Å². The molecule has 0 aliphatic heterocycles. The van der Waals surface area contributed by atoms with Crippen LogP contribution < -0.4 is 5.32 Å². The Labute approximate surface area is 197 Å². The number of thioether (sulfide) groups is 1. The van der Waals surface area contributed by atoms with Crippen molar-refractivity contribution in [2.75, 3.05) is 12.3 Å². The molecule has 7 nitrogen and oxygen atoms in total. The summed E-state index contributed by atoms with van der Waals surface area (Å²) in [6, 6.07) is 12.9. The van der Waals surface area contributed by atoms with Crippen LogP contribution in [-0.2, 0) is 21.9 Å². The van der Waals surface area contributed by atoms with Gasteiger partial charge in [-0.3, -0.25) is 19.7 Å². The Hall–Kier alpha value is -2.58. The third-order valence-corrected chi connectivity index (χ3v) is 6.29. The van der Waals surface area contributed by atoms with Crippen molar-refractivity contribution >= 4 is 40.9 Å². The zero-order chi connectivity index (χ0) is 23.5. The normalized spacial score (nSPS) is 11.6. The van der Waals surface area contributed by atoms with Crippen molar-refractivity contribution in [1.82, 2.24) is 10.2 Å². The van der Waals surface area contributed by atoms with Gasteiger partial charge in [0.25, 0.3) is 5.69 Å². The summed E-state index contributed by atoms with van der Waals surface area (Å²) < 4.78 is 0. The maximum absolute atomic E-state index is 13.1. The molecule has 9 heteroatoms. The van der Waals surface area contributed by atoms with Gasteiger partial charge in [0.15, 0.2) is 0 Å². The second-order valence-electron chi connectivity index (χ2n) is 7.35. The number of benzene rings is 2. The minimum Gasteiger partial charge on any atom is -0.354 e. The molecule has 0 radical (unpaired) electrons. The summed E-state index contributed by atoms with van der Waals surface area (Å²) in [5, 5.41) is 14.2. The fraction of sp³-hybridized carbons (Fsp3) is 0.391. The summed E-state index contributed by atoms with van der Waals surface area (Å²) in [7, 11) is 0. The molecule has 0 fully saturated rings. The molecule has 1 atom stereocenters. The Kier molecular flexibility index (Phi) is 10.5. The van der Waals surface area contributed by atoms with Crippen LogP contribution in [0, 0.1) is 10.1 Å². The van der Waals surface area contributed by atoms with Crippen molar-refractivity contribution in [3.8, 4) is 0 Å². The Balaban J connectivity index is 2.04. The molecule has 2 rings (SSSR count). The number of nitro benzene ring substituents is 1. The van der Waals surface area contributed by atoms with E-state index in [9.17, 15) is 19.7 Å². The maximum Gasteiger partial charge on any atom is 0.269 e. The molecule has 2 amide bonds. The zero-order valence-corrected chi connectivity index (χ0v) is 19.8. The number of carbonyl (C=O) groups is 2. The molecule has 0 aromatic heterocycles. The van der Waals surface area contributed by atoms with Crippen LogP contribution in [0.3, 0.4) is 0 Å². The summed E-state index contributed by atoms with van der Waals surface area (Å²) in [4.78, 5) is 37.6. The molecule has 0 aliphatic rings. The minimum atomic E-state index is -0.643. The van der Waals surface area contributed by atoms with Gasteiger partial charge in [0.1, 0.15) is 6.04 Å². The van der Waals surface area contributed by atoms with E-state index in [-0.39, 0.29) is 29.8 Å². The van der Waals surface area contributed by atoms with Crippen LogP contribution >= 0.6 is 23.4 Å². The predicted octanol–water partition coefficient (Wildman–Crippen LogP) is 4.82. The van der Waals surface area contributed by atoms with Crippen molar-refractivity contribution in [3.05, 3.63) is 74.8 Å². The molecule has 0 heterocycles. The van der Waals surface area contributed by atoms with Gasteiger partial charge in [-0.1, -0.05) is 55.3 Å². The molecule has 32 heavy (non-hydrogen) atoms. The molecule has 1 N–H and O–H groups in total. The van der Waals surface area contributed by atoms with Crippen molar-refractivity contribution in [2.24, 2.45) is 0 Å². The standard InChI is InChI=1S/C23H28ClN3O4S/c1-3-4-13-25-23(29)17(2)26(14-19-7-5-6-8-21(19)24)22(28)16-32-15-18-9-11-20(12-10-18)27(30)31/h5-12,17H,3-4,13-16H2,1-2H3,(H,25,29)/t17-/m1/s1. The topological polar surface area (TPSA) is 92.6 Å². The van der Waals surface area contributed by atoms with E-state index in [1.165, 1.54) is 23.9 Å². The number of nitrogens with one attached hydrogen (secondary N) is 1. The number of amides is 2. The average molecular weight is 478 g/mol. The molecule has 0 unspecified atom stereocenters. The summed E-state index contributed by atoms with van der Waals surface area (Å²) in [5.41, 5.74) is 1.69. The van der Waals surface area contributed by atoms with E-state index < -0.39 is 11.0 Å². The Morgan fingerprint density at radius 3 is 2.50 bits per heavy atom. The van der Waals surface area contributed by atoms with Crippen LogP contribution in [0.5, 0.6) is 0 Å². The lowest BCUT2D eigenvalue weighted by Gasteiger charge is -2.29. The highest BCUT2D eigenvalue weighted by Gasteiger charge is 2.26. The monoisotopic (exact) mass is 477 g/mol. The number of unbranched alkanes of at least 4 members (excludes halogenated alkanes) is 1. The van der Waals surface area contributed by atoms with Crippen LogP contribution in [0.4, 0.5) is 5.69 Å². The first-order valence-electron chi connectivity index (χ1n) is 10.4. The number of non-ortho nitro benzene ring substituents is 1. The van der Waals surface area contributed by atoms with Crippen LogP contribution in [0.1, 0.15) is 37.8 Å². The van der Waals surface area contributed by atoms with Gasteiger partial charge in [-0.15, -0.1) is 11.8 Å². The highest BCUT2D eigenvalue weighted by atomic mass is 35.5. The van der Waals surface area contributed by atoms with E-state index in [0.717, 1.165) is 24.0 Å². The number of hydrogen-bond acceptors (Lipinski definition) is 5. The van der Waals surface area contributed by atoms with Crippen LogP contribution in [0.15, 0.2) is 48.5 Å². The summed E-state index contributed by atoms with van der Waals surface area (Å²) in [5.74, 6) is 0.337. The SMILES string of the molecule is CCCCNC(=O)[C@@H](C)N(Cc1ccccc1Cl)C(=O)CSCc1ccc([N+](=O)[O-])cc1. The second kappa shape index (κ2) is 13.1. The van der Waals surface area contributed by atoms with Crippen molar-refractivity contribution in [3.63, 3.8) is 0 Å². The van der Waals surface area contributed by atoms with Gasteiger partial charge in [0.05, 0.1) is 10.7 Å². The van der Waals surface area contributed by atoms with E-state index in [2.05, 4.69) is 5.32 Å². The number of carbonyl (C=O) groups excluding carboxylic acids is 2. The fourth-order valence-corrected chi connectivity index (χ4v) is 4.05. The van der Waals surface area contributed by atoms with Crippen molar-refractivity contribution < 1.29 is 14.5 Å². The van der Waals surface area contributed by atoms with E-state index in [1.807, 2.05) is 25.1 Å². The quantitative estimate of drug-likeness (QED) is 0.269. The molecular formula is C23H28ClN3O4S. The highest BCUT2D eigenvalue weighted by Crippen LogP contribution is 2.21. The summed E-state index contributed by atoms with van der Waals surface area (Å²) >= 11 is 7.68. The van der Waals surface area contributed by atoms with Gasteiger partial charge in [0.2, 0.25) is 11.8 Å². The largest absolute Gasteiger partial charge is 0.354 e. The van der Waals surface area contributed by atoms with Gasteiger partial charge in [0, 0.05) is 36.0 Å². The lowest BCUT2D eigenvalue weighted by atomic mass is 10.1. The van der Waals surface area contributed by atoms with Crippen LogP contribution in [0.25, 0.3) is 0 Å². The Morgan fingerprint density at radius 1 is 1.19 bits per heavy atom. The zero-order valence-electron chi connectivity index (χ0n) is 18.3. The first-order valence-corrected chi connectivity index (χ1v) is 12.0. The molecule has 2 aromatic carbocycles. The molecule has 2 aromatic rings. The number of halogens is 1. The first-order chi connectivity index (χ1) is 15.3. The smallest absolute Gasteiger partial charge is 0.269 e. The Morgan fingerprint density at radius 2 is 1.88 bits per heavy atom. The molecule has 172 valence electrons.